The van der Waals surface area contributed by atoms with E-state index in [2.05, 4.69) is 21.0 Å². The molecule has 1 aromatic carbocycles. The van der Waals surface area contributed by atoms with Crippen molar-refractivity contribution in [1.29, 1.82) is 0 Å². The van der Waals surface area contributed by atoms with Gasteiger partial charge in [0.1, 0.15) is 5.82 Å². The summed E-state index contributed by atoms with van der Waals surface area (Å²) in [6, 6.07) is 4.12. The molecule has 0 bridgehead atoms. The molecule has 15 heavy (non-hydrogen) atoms. The standard InChI is InChI=1S/C9H9BrFN3O/c10-4-6-2-1-3-7(8(6)11)5-13-14-9(12)15/h1-3,5H,4H2,(H3,12,14,15). The van der Waals surface area contributed by atoms with Gasteiger partial charge in [-0.3, -0.25) is 0 Å². The maximum Gasteiger partial charge on any atom is 0.332 e. The molecule has 0 aliphatic carbocycles. The topological polar surface area (TPSA) is 67.5 Å². The predicted octanol–water partition coefficient (Wildman–Crippen LogP) is 1.72. The Bertz CT molecular complexity index is 395. The van der Waals surface area contributed by atoms with Crippen molar-refractivity contribution >= 4 is 28.2 Å². The Morgan fingerprint density at radius 2 is 2.40 bits per heavy atom. The third-order valence-corrected chi connectivity index (χ3v) is 2.24. The van der Waals surface area contributed by atoms with Crippen molar-refractivity contribution in [2.75, 3.05) is 0 Å². The predicted molar refractivity (Wildman–Crippen MR) is 59.3 cm³/mol. The van der Waals surface area contributed by atoms with Gasteiger partial charge in [0.25, 0.3) is 0 Å². The summed E-state index contributed by atoms with van der Waals surface area (Å²) < 4.78 is 13.5. The van der Waals surface area contributed by atoms with E-state index in [9.17, 15) is 9.18 Å². The Morgan fingerprint density at radius 1 is 1.67 bits per heavy atom. The molecule has 0 aromatic heterocycles. The Kier molecular flexibility index (Phi) is 4.23. The van der Waals surface area contributed by atoms with Crippen LogP contribution in [0.2, 0.25) is 0 Å². The van der Waals surface area contributed by atoms with E-state index in [0.29, 0.717) is 16.5 Å². The van der Waals surface area contributed by atoms with Crippen LogP contribution in [0.3, 0.4) is 0 Å². The lowest BCUT2D eigenvalue weighted by Gasteiger charge is -2.01. The molecule has 0 atom stereocenters. The molecule has 1 rings (SSSR count). The van der Waals surface area contributed by atoms with Gasteiger partial charge in [0.05, 0.1) is 6.21 Å². The number of amides is 2. The number of nitrogens with two attached hydrogens (primary N) is 1. The molecule has 80 valence electrons. The molecule has 0 spiro atoms. The Hall–Kier alpha value is -1.43. The molecule has 1 aromatic rings. The zero-order valence-corrected chi connectivity index (χ0v) is 9.29. The van der Waals surface area contributed by atoms with Gasteiger partial charge in [0.2, 0.25) is 0 Å². The van der Waals surface area contributed by atoms with Crippen molar-refractivity contribution in [2.24, 2.45) is 10.8 Å². The van der Waals surface area contributed by atoms with Crippen LogP contribution in [-0.4, -0.2) is 12.2 Å². The molecular formula is C9H9BrFN3O. The average molecular weight is 274 g/mol. The van der Waals surface area contributed by atoms with Crippen LogP contribution in [0.15, 0.2) is 23.3 Å². The van der Waals surface area contributed by atoms with E-state index in [0.717, 1.165) is 0 Å². The van der Waals surface area contributed by atoms with Gasteiger partial charge in [-0.2, -0.15) is 5.10 Å². The summed E-state index contributed by atoms with van der Waals surface area (Å²) in [4.78, 5) is 10.3. The molecule has 4 nitrogen and oxygen atoms in total. The van der Waals surface area contributed by atoms with Gasteiger partial charge in [0.15, 0.2) is 0 Å². The number of nitrogens with zero attached hydrogens (tertiary/aromatic N) is 1. The summed E-state index contributed by atoms with van der Waals surface area (Å²) in [6.07, 6.45) is 1.20. The van der Waals surface area contributed by atoms with E-state index in [1.807, 2.05) is 5.43 Å². The van der Waals surface area contributed by atoms with Gasteiger partial charge in [-0.25, -0.2) is 14.6 Å². The first kappa shape index (κ1) is 11.6. The molecular weight excluding hydrogens is 265 g/mol. The van der Waals surface area contributed by atoms with Crippen LogP contribution in [0.1, 0.15) is 11.1 Å². The second-order valence-electron chi connectivity index (χ2n) is 2.69. The number of nitrogens with one attached hydrogen (secondary N) is 1. The fraction of sp³-hybridized carbons (Fsp3) is 0.111. The lowest BCUT2D eigenvalue weighted by molar-refractivity contribution is 0.249. The van der Waals surface area contributed by atoms with Crippen LogP contribution in [0.4, 0.5) is 9.18 Å². The monoisotopic (exact) mass is 273 g/mol. The quantitative estimate of drug-likeness (QED) is 0.492. The number of carbonyl (C=O) groups excluding carboxylic acids is 1. The highest BCUT2D eigenvalue weighted by Crippen LogP contribution is 2.13. The third-order valence-electron chi connectivity index (χ3n) is 1.63. The van der Waals surface area contributed by atoms with Crippen LogP contribution in [-0.2, 0) is 5.33 Å². The Labute approximate surface area is 94.5 Å². The average Bonchev–Trinajstić information content (AvgIpc) is 2.20. The minimum Gasteiger partial charge on any atom is -0.350 e. The summed E-state index contributed by atoms with van der Waals surface area (Å²) in [5.41, 5.74) is 7.59. The van der Waals surface area contributed by atoms with Crippen molar-refractivity contribution in [3.63, 3.8) is 0 Å². The van der Waals surface area contributed by atoms with Crippen molar-refractivity contribution in [2.45, 2.75) is 5.33 Å². The second-order valence-corrected chi connectivity index (χ2v) is 3.25. The number of urea groups is 1. The minimum absolute atomic E-state index is 0.292. The van der Waals surface area contributed by atoms with Crippen molar-refractivity contribution < 1.29 is 9.18 Å². The summed E-state index contributed by atoms with van der Waals surface area (Å²) in [6.45, 7) is 0. The number of hydrogen-bond acceptors (Lipinski definition) is 2. The van der Waals surface area contributed by atoms with E-state index < -0.39 is 6.03 Å². The van der Waals surface area contributed by atoms with Gasteiger partial charge in [0, 0.05) is 10.9 Å². The largest absolute Gasteiger partial charge is 0.350 e. The molecule has 0 aliphatic heterocycles. The first-order valence-electron chi connectivity index (χ1n) is 4.07. The van der Waals surface area contributed by atoms with E-state index >= 15 is 0 Å². The molecule has 0 unspecified atom stereocenters. The van der Waals surface area contributed by atoms with Gasteiger partial charge >= 0.3 is 6.03 Å². The maximum atomic E-state index is 13.5. The van der Waals surface area contributed by atoms with Crippen LogP contribution in [0, 0.1) is 5.82 Å². The van der Waals surface area contributed by atoms with Crippen molar-refractivity contribution in [3.8, 4) is 0 Å². The van der Waals surface area contributed by atoms with E-state index in [1.165, 1.54) is 6.21 Å². The Morgan fingerprint density at radius 3 is 3.00 bits per heavy atom. The minimum atomic E-state index is -0.789. The summed E-state index contributed by atoms with van der Waals surface area (Å²) in [5, 5.41) is 3.89. The molecule has 0 saturated carbocycles. The van der Waals surface area contributed by atoms with E-state index in [1.54, 1.807) is 18.2 Å². The number of primary amides is 1. The third kappa shape index (κ3) is 3.32. The van der Waals surface area contributed by atoms with Gasteiger partial charge < -0.3 is 5.73 Å². The highest BCUT2D eigenvalue weighted by Gasteiger charge is 2.04. The van der Waals surface area contributed by atoms with Crippen LogP contribution in [0.25, 0.3) is 0 Å². The SMILES string of the molecule is NC(=O)NN=Cc1cccc(CBr)c1F. The molecule has 6 heteroatoms. The summed E-state index contributed by atoms with van der Waals surface area (Å²) in [7, 11) is 0. The number of carbonyl (C=O) groups is 1. The van der Waals surface area contributed by atoms with Crippen molar-refractivity contribution in [3.05, 3.63) is 35.1 Å². The number of alkyl halides is 1. The van der Waals surface area contributed by atoms with Crippen molar-refractivity contribution in [1.82, 2.24) is 5.43 Å². The zero-order valence-electron chi connectivity index (χ0n) is 7.71. The molecule has 2 amide bonds. The summed E-state index contributed by atoms with van der Waals surface area (Å²) in [5.74, 6) is -0.371. The molecule has 0 fully saturated rings. The van der Waals surface area contributed by atoms with E-state index in [4.69, 9.17) is 5.73 Å². The lowest BCUT2D eigenvalue weighted by atomic mass is 10.1. The van der Waals surface area contributed by atoms with Crippen LogP contribution in [0.5, 0.6) is 0 Å². The van der Waals surface area contributed by atoms with E-state index in [-0.39, 0.29) is 5.82 Å². The number of hydrogen-bond donors (Lipinski definition) is 2. The maximum absolute atomic E-state index is 13.5. The van der Waals surface area contributed by atoms with Crippen LogP contribution < -0.4 is 11.2 Å². The lowest BCUT2D eigenvalue weighted by Crippen LogP contribution is -2.24. The highest BCUT2D eigenvalue weighted by atomic mass is 79.9. The molecule has 0 saturated heterocycles. The number of rotatable bonds is 3. The first-order chi connectivity index (χ1) is 7.15. The first-order valence-corrected chi connectivity index (χ1v) is 5.19. The second kappa shape index (κ2) is 5.45. The highest BCUT2D eigenvalue weighted by molar-refractivity contribution is 9.08. The fourth-order valence-electron chi connectivity index (χ4n) is 0.968. The molecule has 0 radical (unpaired) electrons. The number of hydrazone groups is 1. The fourth-order valence-corrected chi connectivity index (χ4v) is 1.40. The molecule has 0 heterocycles. The zero-order chi connectivity index (χ0) is 11.3. The van der Waals surface area contributed by atoms with Gasteiger partial charge in [-0.1, -0.05) is 34.1 Å². The number of halogens is 2. The van der Waals surface area contributed by atoms with Crippen LogP contribution >= 0.6 is 15.9 Å². The summed E-state index contributed by atoms with van der Waals surface area (Å²) >= 11 is 3.16. The Balaban J connectivity index is 2.85. The smallest absolute Gasteiger partial charge is 0.332 e. The number of benzene rings is 1. The molecule has 3 N–H and O–H groups in total. The van der Waals surface area contributed by atoms with Gasteiger partial charge in [-0.15, -0.1) is 0 Å². The van der Waals surface area contributed by atoms with Gasteiger partial charge in [-0.05, 0) is 5.56 Å². The molecule has 0 aliphatic rings. The normalized spacial score (nSPS) is 10.5.